The first-order chi connectivity index (χ1) is 14.6. The Morgan fingerprint density at radius 2 is 1.83 bits per heavy atom. The van der Waals surface area contributed by atoms with Crippen LogP contribution in [0.3, 0.4) is 0 Å². The number of fused-ring (bicyclic) bond motifs is 1. The van der Waals surface area contributed by atoms with Gasteiger partial charge in [0.25, 0.3) is 0 Å². The van der Waals surface area contributed by atoms with Crippen LogP contribution in [0.4, 0.5) is 5.00 Å². The fraction of sp³-hybridized carbons (Fsp3) is 0.391. The highest BCUT2D eigenvalue weighted by atomic mass is 32.1. The van der Waals surface area contributed by atoms with Crippen LogP contribution in [0.15, 0.2) is 24.3 Å². The van der Waals surface area contributed by atoms with Crippen molar-refractivity contribution in [3.8, 4) is 11.5 Å². The predicted octanol–water partition coefficient (Wildman–Crippen LogP) is 4.86. The molecule has 0 saturated carbocycles. The molecule has 0 unspecified atom stereocenters. The van der Waals surface area contributed by atoms with Crippen LogP contribution in [0.5, 0.6) is 11.5 Å². The minimum atomic E-state index is -0.371. The molecule has 1 aromatic carbocycles. The molecule has 0 atom stereocenters. The molecular weight excluding hydrogens is 402 g/mol. The molecule has 1 heterocycles. The molecule has 1 N–H and O–H groups in total. The average molecular weight is 430 g/mol. The zero-order valence-electron chi connectivity index (χ0n) is 17.6. The van der Waals surface area contributed by atoms with Gasteiger partial charge in [-0.1, -0.05) is 6.07 Å². The van der Waals surface area contributed by atoms with Gasteiger partial charge in [-0.3, -0.25) is 4.79 Å². The van der Waals surface area contributed by atoms with Crippen LogP contribution in [0.1, 0.15) is 53.6 Å². The van der Waals surface area contributed by atoms with E-state index in [1.807, 2.05) is 32.0 Å². The van der Waals surface area contributed by atoms with Crippen LogP contribution < -0.4 is 14.8 Å². The SMILES string of the molecule is CCOC(=O)c1c(NC(=O)/C=C/c2ccc(OCC)c(OCC)c2)sc2c1CCC2. The monoisotopic (exact) mass is 429 g/mol. The number of rotatable bonds is 9. The summed E-state index contributed by atoms with van der Waals surface area (Å²) in [4.78, 5) is 26.1. The Kier molecular flexibility index (Phi) is 7.52. The molecule has 6 nitrogen and oxygen atoms in total. The molecule has 2 aromatic rings. The molecule has 0 saturated heterocycles. The number of benzene rings is 1. The van der Waals surface area contributed by atoms with Gasteiger partial charge in [-0.25, -0.2) is 4.79 Å². The van der Waals surface area contributed by atoms with Crippen molar-refractivity contribution in [1.82, 2.24) is 0 Å². The third-order valence-electron chi connectivity index (χ3n) is 4.63. The minimum absolute atomic E-state index is 0.299. The second kappa shape index (κ2) is 10.3. The minimum Gasteiger partial charge on any atom is -0.490 e. The predicted molar refractivity (Wildman–Crippen MR) is 119 cm³/mol. The quantitative estimate of drug-likeness (QED) is 0.455. The van der Waals surface area contributed by atoms with Crippen molar-refractivity contribution in [1.29, 1.82) is 0 Å². The topological polar surface area (TPSA) is 73.9 Å². The second-order valence-corrected chi connectivity index (χ2v) is 7.78. The number of thiophene rings is 1. The normalized spacial score (nSPS) is 12.6. The lowest BCUT2D eigenvalue weighted by atomic mass is 10.1. The Balaban J connectivity index is 1.75. The smallest absolute Gasteiger partial charge is 0.341 e. The fourth-order valence-corrected chi connectivity index (χ4v) is 4.69. The van der Waals surface area contributed by atoms with E-state index in [4.69, 9.17) is 14.2 Å². The number of anilines is 1. The summed E-state index contributed by atoms with van der Waals surface area (Å²) in [7, 11) is 0. The van der Waals surface area contributed by atoms with Gasteiger partial charge in [0.15, 0.2) is 11.5 Å². The number of aryl methyl sites for hydroxylation is 1. The zero-order chi connectivity index (χ0) is 21.5. The van der Waals surface area contributed by atoms with E-state index in [-0.39, 0.29) is 11.9 Å². The molecule has 7 heteroatoms. The summed E-state index contributed by atoms with van der Waals surface area (Å²) in [5.74, 6) is 0.644. The first-order valence-corrected chi connectivity index (χ1v) is 11.1. The van der Waals surface area contributed by atoms with Crippen molar-refractivity contribution in [2.75, 3.05) is 25.1 Å². The van der Waals surface area contributed by atoms with Gasteiger partial charge in [0.05, 0.1) is 25.4 Å². The van der Waals surface area contributed by atoms with Gasteiger partial charge >= 0.3 is 5.97 Å². The van der Waals surface area contributed by atoms with Gasteiger partial charge in [-0.2, -0.15) is 0 Å². The fourth-order valence-electron chi connectivity index (χ4n) is 3.41. The number of hydrogen-bond donors (Lipinski definition) is 1. The van der Waals surface area contributed by atoms with Crippen molar-refractivity contribution < 1.29 is 23.8 Å². The van der Waals surface area contributed by atoms with Gasteiger partial charge in [-0.15, -0.1) is 11.3 Å². The van der Waals surface area contributed by atoms with Crippen molar-refractivity contribution in [3.05, 3.63) is 45.8 Å². The van der Waals surface area contributed by atoms with Gasteiger partial charge in [0.1, 0.15) is 5.00 Å². The molecule has 0 aliphatic heterocycles. The standard InChI is InChI=1S/C23H27NO5S/c1-4-27-17-12-10-15(14-18(17)28-5-2)11-13-20(25)24-22-21(23(26)29-6-3)16-8-7-9-19(16)30-22/h10-14H,4-9H2,1-3H3,(H,24,25)/b13-11+. The molecule has 1 amide bonds. The van der Waals surface area contributed by atoms with Crippen molar-refractivity contribution in [2.45, 2.75) is 40.0 Å². The number of hydrogen-bond acceptors (Lipinski definition) is 6. The van der Waals surface area contributed by atoms with E-state index in [1.165, 1.54) is 17.4 Å². The maximum atomic E-state index is 12.5. The van der Waals surface area contributed by atoms with E-state index >= 15 is 0 Å². The van der Waals surface area contributed by atoms with E-state index in [1.54, 1.807) is 13.0 Å². The van der Waals surface area contributed by atoms with Crippen LogP contribution in [0.2, 0.25) is 0 Å². The van der Waals surface area contributed by atoms with Crippen LogP contribution in [0, 0.1) is 0 Å². The molecule has 30 heavy (non-hydrogen) atoms. The zero-order valence-corrected chi connectivity index (χ0v) is 18.4. The Bertz CT molecular complexity index is 947. The second-order valence-electron chi connectivity index (χ2n) is 6.68. The summed E-state index contributed by atoms with van der Waals surface area (Å²) in [5.41, 5.74) is 2.35. The Hall–Kier alpha value is -2.80. The summed E-state index contributed by atoms with van der Waals surface area (Å²) < 4.78 is 16.4. The molecular formula is C23H27NO5S. The Labute approximate surface area is 180 Å². The molecule has 1 aliphatic rings. The molecule has 0 spiro atoms. The highest BCUT2D eigenvalue weighted by Crippen LogP contribution is 2.39. The average Bonchev–Trinajstić information content (AvgIpc) is 3.29. The number of ether oxygens (including phenoxy) is 3. The summed E-state index contributed by atoms with van der Waals surface area (Å²) >= 11 is 1.47. The molecule has 160 valence electrons. The van der Waals surface area contributed by atoms with Gasteiger partial charge in [-0.05, 0) is 69.4 Å². The van der Waals surface area contributed by atoms with Gasteiger partial charge in [0.2, 0.25) is 5.91 Å². The third kappa shape index (κ3) is 5.02. The molecule has 1 aliphatic carbocycles. The lowest BCUT2D eigenvalue weighted by Gasteiger charge is -2.11. The Morgan fingerprint density at radius 3 is 2.57 bits per heavy atom. The van der Waals surface area contributed by atoms with Crippen LogP contribution >= 0.6 is 11.3 Å². The molecule has 0 radical (unpaired) electrons. The maximum Gasteiger partial charge on any atom is 0.341 e. The van der Waals surface area contributed by atoms with Gasteiger partial charge in [0, 0.05) is 11.0 Å². The molecule has 1 aromatic heterocycles. The summed E-state index contributed by atoms with van der Waals surface area (Å²) in [6.45, 7) is 6.97. The number of carbonyl (C=O) groups excluding carboxylic acids is 2. The van der Waals surface area contributed by atoms with E-state index < -0.39 is 0 Å². The lowest BCUT2D eigenvalue weighted by molar-refractivity contribution is -0.111. The summed E-state index contributed by atoms with van der Waals surface area (Å²) in [6, 6.07) is 5.53. The largest absolute Gasteiger partial charge is 0.490 e. The first-order valence-electron chi connectivity index (χ1n) is 10.3. The van der Waals surface area contributed by atoms with Crippen molar-refractivity contribution in [3.63, 3.8) is 0 Å². The van der Waals surface area contributed by atoms with E-state index in [2.05, 4.69) is 5.32 Å². The van der Waals surface area contributed by atoms with Crippen LogP contribution in [0.25, 0.3) is 6.08 Å². The first kappa shape index (κ1) is 21.9. The molecule has 0 bridgehead atoms. The third-order valence-corrected chi connectivity index (χ3v) is 5.84. The highest BCUT2D eigenvalue weighted by Gasteiger charge is 2.28. The maximum absolute atomic E-state index is 12.5. The number of amides is 1. The Morgan fingerprint density at radius 1 is 1.07 bits per heavy atom. The summed E-state index contributed by atoms with van der Waals surface area (Å²) in [5, 5.41) is 3.42. The van der Waals surface area contributed by atoms with E-state index in [0.29, 0.717) is 41.9 Å². The highest BCUT2D eigenvalue weighted by molar-refractivity contribution is 7.17. The van der Waals surface area contributed by atoms with Gasteiger partial charge < -0.3 is 19.5 Å². The van der Waals surface area contributed by atoms with Crippen LogP contribution in [-0.2, 0) is 22.4 Å². The number of carbonyl (C=O) groups is 2. The number of nitrogens with one attached hydrogen (secondary N) is 1. The molecule has 3 rings (SSSR count). The van der Waals surface area contributed by atoms with Crippen molar-refractivity contribution in [2.24, 2.45) is 0 Å². The van der Waals surface area contributed by atoms with E-state index in [9.17, 15) is 9.59 Å². The summed E-state index contributed by atoms with van der Waals surface area (Å²) in [6.07, 6.45) is 5.97. The number of esters is 1. The van der Waals surface area contributed by atoms with Crippen molar-refractivity contribution >= 4 is 34.3 Å². The lowest BCUT2D eigenvalue weighted by Crippen LogP contribution is -2.13. The van der Waals surface area contributed by atoms with E-state index in [0.717, 1.165) is 35.3 Å². The molecule has 0 fully saturated rings. The van der Waals surface area contributed by atoms with Crippen LogP contribution in [-0.4, -0.2) is 31.7 Å².